The topological polar surface area (TPSA) is 49.4 Å². The highest BCUT2D eigenvalue weighted by Crippen LogP contribution is 2.19. The summed E-state index contributed by atoms with van der Waals surface area (Å²) in [6, 6.07) is 4.08. The first-order chi connectivity index (χ1) is 8.74. The molecular weight excluding hydrogens is 335 g/mol. The molecule has 4 nitrogen and oxygen atoms in total. The van der Waals surface area contributed by atoms with Gasteiger partial charge in [-0.1, -0.05) is 0 Å². The molecule has 7 heteroatoms. The number of likely N-dealkylation sites (N-methyl/N-ethyl adjacent to an activating group) is 1. The number of rotatable bonds is 6. The molecule has 0 aliphatic rings. The van der Waals surface area contributed by atoms with Crippen LogP contribution in [0.4, 0.5) is 4.39 Å². The third-order valence-corrected chi connectivity index (χ3v) is 4.94. The van der Waals surface area contributed by atoms with Crippen LogP contribution in [0.2, 0.25) is 0 Å². The second kappa shape index (κ2) is 6.78. The van der Waals surface area contributed by atoms with Gasteiger partial charge in [-0.25, -0.2) is 17.5 Å². The van der Waals surface area contributed by atoms with Gasteiger partial charge in [0.05, 0.1) is 9.37 Å². The van der Waals surface area contributed by atoms with E-state index < -0.39 is 15.8 Å². The molecule has 108 valence electrons. The molecule has 0 bridgehead atoms. The van der Waals surface area contributed by atoms with E-state index in [9.17, 15) is 12.8 Å². The van der Waals surface area contributed by atoms with Gasteiger partial charge < -0.3 is 4.90 Å². The maximum Gasteiger partial charge on any atom is 0.240 e. The molecule has 0 fully saturated rings. The van der Waals surface area contributed by atoms with Gasteiger partial charge in [0.2, 0.25) is 10.0 Å². The minimum Gasteiger partial charge on any atom is -0.303 e. The number of halogens is 2. The van der Waals surface area contributed by atoms with E-state index in [1.807, 2.05) is 25.8 Å². The molecule has 0 spiro atoms. The van der Waals surface area contributed by atoms with Gasteiger partial charge in [0.1, 0.15) is 5.82 Å². The second-order valence-electron chi connectivity index (χ2n) is 4.55. The maximum absolute atomic E-state index is 13.3. The molecular formula is C12H18BrFN2O2S. The zero-order valence-electron chi connectivity index (χ0n) is 11.2. The van der Waals surface area contributed by atoms with Crippen LogP contribution in [-0.4, -0.2) is 39.5 Å². The van der Waals surface area contributed by atoms with E-state index >= 15 is 0 Å². The Bertz CT molecular complexity index is 535. The van der Waals surface area contributed by atoms with Crippen LogP contribution < -0.4 is 4.72 Å². The number of nitrogens with one attached hydrogen (secondary N) is 1. The standard InChI is InChI=1S/C12H18BrFN2O2S/c1-9(2)16(3)7-6-15-19(17,18)10-4-5-11(13)12(14)8-10/h4-5,8-9,15H,6-7H2,1-3H3. The highest BCUT2D eigenvalue weighted by Gasteiger charge is 2.15. The van der Waals surface area contributed by atoms with Gasteiger partial charge in [-0.3, -0.25) is 0 Å². The predicted molar refractivity (Wildman–Crippen MR) is 77.1 cm³/mol. The van der Waals surface area contributed by atoms with E-state index in [0.717, 1.165) is 6.07 Å². The van der Waals surface area contributed by atoms with Crippen molar-refractivity contribution in [2.24, 2.45) is 0 Å². The Hall–Kier alpha value is -0.500. The van der Waals surface area contributed by atoms with Crippen LogP contribution in [0.25, 0.3) is 0 Å². The van der Waals surface area contributed by atoms with Crippen molar-refractivity contribution in [3.8, 4) is 0 Å². The Kier molecular flexibility index (Phi) is 5.91. The molecule has 0 unspecified atom stereocenters. The largest absolute Gasteiger partial charge is 0.303 e. The van der Waals surface area contributed by atoms with Crippen LogP contribution in [0, 0.1) is 5.82 Å². The van der Waals surface area contributed by atoms with Crippen molar-refractivity contribution in [1.29, 1.82) is 0 Å². The SMILES string of the molecule is CC(C)N(C)CCNS(=O)(=O)c1ccc(Br)c(F)c1. The van der Waals surface area contributed by atoms with E-state index in [4.69, 9.17) is 0 Å². The Balaban J connectivity index is 2.68. The fraction of sp³-hybridized carbons (Fsp3) is 0.500. The normalized spacial score (nSPS) is 12.4. The number of hydrogen-bond acceptors (Lipinski definition) is 3. The summed E-state index contributed by atoms with van der Waals surface area (Å²) in [7, 11) is -1.74. The molecule has 0 amide bonds. The summed E-state index contributed by atoms with van der Waals surface area (Å²) in [5.41, 5.74) is 0. The fourth-order valence-corrected chi connectivity index (χ4v) is 2.62. The van der Waals surface area contributed by atoms with Crippen LogP contribution in [0.3, 0.4) is 0 Å². The Morgan fingerprint density at radius 2 is 2.05 bits per heavy atom. The second-order valence-corrected chi connectivity index (χ2v) is 7.17. The predicted octanol–water partition coefficient (Wildman–Crippen LogP) is 2.21. The Labute approximate surface area is 122 Å². The van der Waals surface area contributed by atoms with Crippen LogP contribution in [0.15, 0.2) is 27.6 Å². The first kappa shape index (κ1) is 16.6. The van der Waals surface area contributed by atoms with Gasteiger partial charge >= 0.3 is 0 Å². The lowest BCUT2D eigenvalue weighted by molar-refractivity contribution is 0.278. The summed E-state index contributed by atoms with van der Waals surface area (Å²) in [5.74, 6) is -0.595. The van der Waals surface area contributed by atoms with E-state index in [1.54, 1.807) is 0 Å². The summed E-state index contributed by atoms with van der Waals surface area (Å²) in [6.45, 7) is 4.93. The van der Waals surface area contributed by atoms with E-state index in [0.29, 0.717) is 12.6 Å². The van der Waals surface area contributed by atoms with E-state index in [2.05, 4.69) is 20.7 Å². The van der Waals surface area contributed by atoms with Crippen molar-refractivity contribution in [3.05, 3.63) is 28.5 Å². The van der Waals surface area contributed by atoms with E-state index in [1.165, 1.54) is 12.1 Å². The van der Waals surface area contributed by atoms with Gasteiger partial charge in [0.15, 0.2) is 0 Å². The van der Waals surface area contributed by atoms with Crippen molar-refractivity contribution in [1.82, 2.24) is 9.62 Å². The Morgan fingerprint density at radius 3 is 2.58 bits per heavy atom. The highest BCUT2D eigenvalue weighted by atomic mass is 79.9. The summed E-state index contributed by atoms with van der Waals surface area (Å²) < 4.78 is 39.9. The summed E-state index contributed by atoms with van der Waals surface area (Å²) in [4.78, 5) is 1.95. The fourth-order valence-electron chi connectivity index (χ4n) is 1.34. The zero-order chi connectivity index (χ0) is 14.6. The molecule has 0 atom stereocenters. The third-order valence-electron chi connectivity index (χ3n) is 2.84. The molecule has 0 heterocycles. The van der Waals surface area contributed by atoms with Crippen molar-refractivity contribution >= 4 is 26.0 Å². The number of benzene rings is 1. The quantitative estimate of drug-likeness (QED) is 0.853. The van der Waals surface area contributed by atoms with Crippen molar-refractivity contribution < 1.29 is 12.8 Å². The van der Waals surface area contributed by atoms with Crippen molar-refractivity contribution in [3.63, 3.8) is 0 Å². The molecule has 0 aliphatic carbocycles. The summed E-state index contributed by atoms with van der Waals surface area (Å²) in [6.07, 6.45) is 0. The van der Waals surface area contributed by atoms with Gasteiger partial charge in [-0.15, -0.1) is 0 Å². The lowest BCUT2D eigenvalue weighted by atomic mass is 10.3. The van der Waals surface area contributed by atoms with Gasteiger partial charge in [-0.05, 0) is 55.0 Å². The highest BCUT2D eigenvalue weighted by molar-refractivity contribution is 9.10. The maximum atomic E-state index is 13.3. The Morgan fingerprint density at radius 1 is 1.42 bits per heavy atom. The number of hydrogen-bond donors (Lipinski definition) is 1. The minimum atomic E-state index is -3.66. The molecule has 1 aromatic rings. The molecule has 1 aromatic carbocycles. The first-order valence-corrected chi connectivity index (χ1v) is 8.16. The molecule has 0 aliphatic heterocycles. The van der Waals surface area contributed by atoms with E-state index in [-0.39, 0.29) is 15.9 Å². The molecule has 0 saturated heterocycles. The van der Waals surface area contributed by atoms with Crippen LogP contribution in [0.1, 0.15) is 13.8 Å². The van der Waals surface area contributed by atoms with Crippen molar-refractivity contribution in [2.75, 3.05) is 20.1 Å². The molecule has 1 N–H and O–H groups in total. The lowest BCUT2D eigenvalue weighted by Crippen LogP contribution is -2.36. The summed E-state index contributed by atoms with van der Waals surface area (Å²) >= 11 is 2.99. The minimum absolute atomic E-state index is 0.0691. The van der Waals surface area contributed by atoms with Crippen molar-refractivity contribution in [2.45, 2.75) is 24.8 Å². The zero-order valence-corrected chi connectivity index (χ0v) is 13.6. The molecule has 0 aromatic heterocycles. The molecule has 19 heavy (non-hydrogen) atoms. The summed E-state index contributed by atoms with van der Waals surface area (Å²) in [5, 5.41) is 0. The number of nitrogens with zero attached hydrogens (tertiary/aromatic N) is 1. The first-order valence-electron chi connectivity index (χ1n) is 5.89. The van der Waals surface area contributed by atoms with Gasteiger partial charge in [-0.2, -0.15) is 0 Å². The molecule has 0 saturated carbocycles. The van der Waals surface area contributed by atoms with Gasteiger partial charge in [0.25, 0.3) is 0 Å². The monoisotopic (exact) mass is 352 g/mol. The smallest absolute Gasteiger partial charge is 0.240 e. The van der Waals surface area contributed by atoms with Gasteiger partial charge in [0, 0.05) is 19.1 Å². The average molecular weight is 353 g/mol. The molecule has 0 radical (unpaired) electrons. The van der Waals surface area contributed by atoms with Crippen LogP contribution in [0.5, 0.6) is 0 Å². The van der Waals surface area contributed by atoms with Crippen LogP contribution in [-0.2, 0) is 10.0 Å². The lowest BCUT2D eigenvalue weighted by Gasteiger charge is -2.20. The molecule has 1 rings (SSSR count). The average Bonchev–Trinajstić information content (AvgIpc) is 2.32. The third kappa shape index (κ3) is 4.83. The van der Waals surface area contributed by atoms with Crippen LogP contribution >= 0.6 is 15.9 Å². The number of sulfonamides is 1.